The number of carboxylic acid groups (broad SMARTS) is 1. The van der Waals surface area contributed by atoms with E-state index in [0.29, 0.717) is 38.1 Å². The molecule has 0 saturated carbocycles. The van der Waals surface area contributed by atoms with Crippen LogP contribution in [0.4, 0.5) is 0 Å². The summed E-state index contributed by atoms with van der Waals surface area (Å²) in [4.78, 5) is 11.9. The maximum absolute atomic E-state index is 11.9. The fourth-order valence-electron chi connectivity index (χ4n) is 2.97. The number of furan rings is 1. The SMILES string of the molecule is O=C(O)c1c(-c2ccccc2)oc2ccc(OCc3ccc(Cl)cc3Cl)cc12. The Kier molecular flexibility index (Phi) is 4.99. The van der Waals surface area contributed by atoms with Gasteiger partial charge in [0.2, 0.25) is 0 Å². The van der Waals surface area contributed by atoms with Crippen LogP contribution in [-0.2, 0) is 6.61 Å². The molecule has 28 heavy (non-hydrogen) atoms. The van der Waals surface area contributed by atoms with Crippen LogP contribution in [0, 0.1) is 0 Å². The first-order chi connectivity index (χ1) is 13.5. The quantitative estimate of drug-likeness (QED) is 0.396. The van der Waals surface area contributed by atoms with E-state index in [-0.39, 0.29) is 12.2 Å². The maximum Gasteiger partial charge on any atom is 0.340 e. The topological polar surface area (TPSA) is 59.7 Å². The molecule has 0 bridgehead atoms. The van der Waals surface area contributed by atoms with E-state index in [0.717, 1.165) is 5.56 Å². The Bertz CT molecular complexity index is 1170. The number of hydrogen-bond donors (Lipinski definition) is 1. The van der Waals surface area contributed by atoms with Crippen LogP contribution in [0.5, 0.6) is 5.75 Å². The molecule has 0 aliphatic rings. The third-order valence-corrected chi connectivity index (χ3v) is 4.91. The summed E-state index contributed by atoms with van der Waals surface area (Å²) in [5.41, 5.74) is 2.07. The molecule has 0 radical (unpaired) electrons. The van der Waals surface area contributed by atoms with Gasteiger partial charge in [0.25, 0.3) is 0 Å². The molecule has 1 heterocycles. The Balaban J connectivity index is 1.70. The number of aromatic carboxylic acids is 1. The fourth-order valence-corrected chi connectivity index (χ4v) is 3.43. The van der Waals surface area contributed by atoms with E-state index < -0.39 is 5.97 Å². The van der Waals surface area contributed by atoms with Crippen molar-refractivity contribution in [2.75, 3.05) is 0 Å². The summed E-state index contributed by atoms with van der Waals surface area (Å²) < 4.78 is 11.6. The van der Waals surface area contributed by atoms with E-state index in [1.807, 2.05) is 30.3 Å². The molecule has 4 rings (SSSR count). The van der Waals surface area contributed by atoms with E-state index in [9.17, 15) is 9.90 Å². The molecule has 0 fully saturated rings. The van der Waals surface area contributed by atoms with Crippen molar-refractivity contribution in [2.45, 2.75) is 6.61 Å². The van der Waals surface area contributed by atoms with Gasteiger partial charge in [-0.2, -0.15) is 0 Å². The van der Waals surface area contributed by atoms with Crippen LogP contribution in [0.3, 0.4) is 0 Å². The smallest absolute Gasteiger partial charge is 0.340 e. The second-order valence-electron chi connectivity index (χ2n) is 6.16. The highest BCUT2D eigenvalue weighted by atomic mass is 35.5. The van der Waals surface area contributed by atoms with Gasteiger partial charge in [-0.25, -0.2) is 4.79 Å². The molecule has 0 atom stereocenters. The fraction of sp³-hybridized carbons (Fsp3) is 0.0455. The van der Waals surface area contributed by atoms with Crippen LogP contribution < -0.4 is 4.74 Å². The lowest BCUT2D eigenvalue weighted by atomic mass is 10.1. The molecule has 0 aliphatic carbocycles. The zero-order valence-corrected chi connectivity index (χ0v) is 16.0. The average Bonchev–Trinajstić information content (AvgIpc) is 3.07. The Morgan fingerprint density at radius 3 is 2.50 bits per heavy atom. The van der Waals surface area contributed by atoms with Gasteiger partial charge < -0.3 is 14.3 Å². The average molecular weight is 413 g/mol. The standard InChI is InChI=1S/C22H14Cl2O4/c23-15-7-6-14(18(24)10-15)12-27-16-8-9-19-17(11-16)20(22(25)26)21(28-19)13-4-2-1-3-5-13/h1-11H,12H2,(H,25,26). The van der Waals surface area contributed by atoms with Crippen LogP contribution >= 0.6 is 23.2 Å². The minimum Gasteiger partial charge on any atom is -0.489 e. The predicted octanol–water partition coefficient (Wildman–Crippen LogP) is 6.68. The summed E-state index contributed by atoms with van der Waals surface area (Å²) in [6.07, 6.45) is 0. The predicted molar refractivity (Wildman–Crippen MR) is 109 cm³/mol. The van der Waals surface area contributed by atoms with Crippen molar-refractivity contribution in [2.24, 2.45) is 0 Å². The third-order valence-electron chi connectivity index (χ3n) is 4.32. The van der Waals surface area contributed by atoms with E-state index >= 15 is 0 Å². The Morgan fingerprint density at radius 2 is 1.79 bits per heavy atom. The minimum atomic E-state index is -1.06. The molecule has 0 unspecified atom stereocenters. The lowest BCUT2D eigenvalue weighted by Crippen LogP contribution is -1.98. The van der Waals surface area contributed by atoms with Crippen LogP contribution in [-0.4, -0.2) is 11.1 Å². The summed E-state index contributed by atoms with van der Waals surface area (Å²) >= 11 is 12.1. The molecule has 4 nitrogen and oxygen atoms in total. The normalized spacial score (nSPS) is 10.9. The summed E-state index contributed by atoms with van der Waals surface area (Å²) in [5, 5.41) is 11.3. The Hall–Kier alpha value is -2.95. The monoisotopic (exact) mass is 412 g/mol. The zero-order valence-electron chi connectivity index (χ0n) is 14.5. The summed E-state index contributed by atoms with van der Waals surface area (Å²) in [7, 11) is 0. The van der Waals surface area contributed by atoms with Crippen molar-refractivity contribution < 1.29 is 19.1 Å². The first-order valence-corrected chi connectivity index (χ1v) is 9.20. The molecule has 1 aromatic heterocycles. The van der Waals surface area contributed by atoms with Crippen LogP contribution in [0.15, 0.2) is 71.1 Å². The largest absolute Gasteiger partial charge is 0.489 e. The molecule has 4 aromatic rings. The van der Waals surface area contributed by atoms with Crippen molar-refractivity contribution in [3.05, 3.63) is 87.9 Å². The molecular weight excluding hydrogens is 399 g/mol. The van der Waals surface area contributed by atoms with Gasteiger partial charge >= 0.3 is 5.97 Å². The van der Waals surface area contributed by atoms with Gasteiger partial charge in [-0.15, -0.1) is 0 Å². The van der Waals surface area contributed by atoms with Gasteiger partial charge in [0, 0.05) is 26.6 Å². The van der Waals surface area contributed by atoms with Gasteiger partial charge in [0.05, 0.1) is 0 Å². The highest BCUT2D eigenvalue weighted by Crippen LogP contribution is 2.35. The van der Waals surface area contributed by atoms with Gasteiger partial charge in [-0.1, -0.05) is 59.6 Å². The molecule has 0 amide bonds. The highest BCUT2D eigenvalue weighted by Gasteiger charge is 2.22. The number of rotatable bonds is 5. The number of fused-ring (bicyclic) bond motifs is 1. The van der Waals surface area contributed by atoms with E-state index in [4.69, 9.17) is 32.4 Å². The minimum absolute atomic E-state index is 0.108. The number of hydrogen-bond acceptors (Lipinski definition) is 3. The molecule has 0 spiro atoms. The molecule has 140 valence electrons. The lowest BCUT2D eigenvalue weighted by Gasteiger charge is -2.08. The summed E-state index contributed by atoms with van der Waals surface area (Å²) in [5.74, 6) is -0.224. The van der Waals surface area contributed by atoms with Gasteiger partial charge in [0.1, 0.15) is 29.3 Å². The molecule has 3 aromatic carbocycles. The first-order valence-electron chi connectivity index (χ1n) is 8.45. The second-order valence-corrected chi connectivity index (χ2v) is 7.00. The summed E-state index contributed by atoms with van der Waals surface area (Å²) in [6, 6.07) is 19.4. The highest BCUT2D eigenvalue weighted by molar-refractivity contribution is 6.35. The van der Waals surface area contributed by atoms with Crippen molar-refractivity contribution in [1.82, 2.24) is 0 Å². The number of carbonyl (C=O) groups is 1. The van der Waals surface area contributed by atoms with E-state index in [2.05, 4.69) is 0 Å². The van der Waals surface area contributed by atoms with E-state index in [1.54, 1.807) is 36.4 Å². The number of benzene rings is 3. The molecule has 6 heteroatoms. The van der Waals surface area contributed by atoms with E-state index in [1.165, 1.54) is 0 Å². The van der Waals surface area contributed by atoms with Crippen molar-refractivity contribution in [3.63, 3.8) is 0 Å². The molecule has 1 N–H and O–H groups in total. The summed E-state index contributed by atoms with van der Waals surface area (Å²) in [6.45, 7) is 0.229. The number of ether oxygens (including phenoxy) is 1. The van der Waals surface area contributed by atoms with Crippen LogP contribution in [0.1, 0.15) is 15.9 Å². The van der Waals surface area contributed by atoms with Gasteiger partial charge in [-0.3, -0.25) is 0 Å². The van der Waals surface area contributed by atoms with Crippen molar-refractivity contribution in [1.29, 1.82) is 0 Å². The molecule has 0 saturated heterocycles. The Morgan fingerprint density at radius 1 is 1.00 bits per heavy atom. The zero-order chi connectivity index (χ0) is 19.7. The van der Waals surface area contributed by atoms with Gasteiger partial charge in [-0.05, 0) is 30.3 Å². The Labute approximate surface area is 170 Å². The number of halogens is 2. The lowest BCUT2D eigenvalue weighted by molar-refractivity contribution is 0.0699. The van der Waals surface area contributed by atoms with Gasteiger partial charge in [0.15, 0.2) is 0 Å². The maximum atomic E-state index is 11.9. The molecular formula is C22H14Cl2O4. The first kappa shape index (κ1) is 18.4. The second kappa shape index (κ2) is 7.58. The molecule has 0 aliphatic heterocycles. The third kappa shape index (κ3) is 3.57. The van der Waals surface area contributed by atoms with Crippen molar-refractivity contribution in [3.8, 4) is 17.1 Å². The number of carboxylic acids is 1. The van der Waals surface area contributed by atoms with Crippen molar-refractivity contribution >= 4 is 40.1 Å². The van der Waals surface area contributed by atoms with Crippen LogP contribution in [0.2, 0.25) is 10.0 Å². The van der Waals surface area contributed by atoms with Crippen LogP contribution in [0.25, 0.3) is 22.3 Å².